The number of aromatic amines is 1. The van der Waals surface area contributed by atoms with Gasteiger partial charge >= 0.3 is 0 Å². The number of likely N-dealkylation sites (tertiary alicyclic amines) is 1. The number of rotatable bonds is 2. The fraction of sp³-hybridized carbons (Fsp3) is 0.533. The molecule has 2 aromatic rings. The van der Waals surface area contributed by atoms with Crippen LogP contribution in [-0.2, 0) is 0 Å². The summed E-state index contributed by atoms with van der Waals surface area (Å²) in [7, 11) is 0. The van der Waals surface area contributed by atoms with Crippen LogP contribution in [0.3, 0.4) is 0 Å². The molecule has 1 saturated heterocycles. The van der Waals surface area contributed by atoms with Crippen molar-refractivity contribution in [3.05, 3.63) is 29.6 Å². The molecule has 0 spiro atoms. The van der Waals surface area contributed by atoms with Gasteiger partial charge in [0.2, 0.25) is 0 Å². The van der Waals surface area contributed by atoms with Crippen LogP contribution in [0, 0.1) is 6.92 Å². The Labute approximate surface area is 108 Å². The van der Waals surface area contributed by atoms with E-state index in [-0.39, 0.29) is 0 Å². The number of nitrogens with zero attached hydrogens (tertiary/aromatic N) is 2. The molecule has 0 aliphatic carbocycles. The molecule has 3 nitrogen and oxygen atoms in total. The fourth-order valence-corrected chi connectivity index (χ4v) is 2.82. The van der Waals surface area contributed by atoms with Crippen LogP contribution in [0.4, 0.5) is 0 Å². The molecule has 1 aliphatic rings. The summed E-state index contributed by atoms with van der Waals surface area (Å²) in [4.78, 5) is 10.8. The number of nitrogens with one attached hydrogen (secondary N) is 1. The molecule has 0 radical (unpaired) electrons. The lowest BCUT2D eigenvalue weighted by Gasteiger charge is -2.19. The lowest BCUT2D eigenvalue weighted by molar-refractivity contribution is 0.272. The molecular formula is C15H21N3. The van der Waals surface area contributed by atoms with Gasteiger partial charge in [-0.05, 0) is 51.4 Å². The zero-order valence-corrected chi connectivity index (χ0v) is 11.4. The maximum Gasteiger partial charge on any atom is 0.111 e. The number of fused-ring (bicyclic) bond motifs is 1. The average Bonchev–Trinajstić information content (AvgIpc) is 2.93. The molecular weight excluding hydrogens is 222 g/mol. The Kier molecular flexibility index (Phi) is 2.86. The molecule has 3 rings (SSSR count). The van der Waals surface area contributed by atoms with Gasteiger partial charge in [0.25, 0.3) is 0 Å². The summed E-state index contributed by atoms with van der Waals surface area (Å²) in [6.45, 7) is 8.99. The van der Waals surface area contributed by atoms with Crippen LogP contribution in [0.5, 0.6) is 0 Å². The molecule has 2 heterocycles. The summed E-state index contributed by atoms with van der Waals surface area (Å²) in [6.07, 6.45) is 1.22. The van der Waals surface area contributed by atoms with Crippen LogP contribution in [0.25, 0.3) is 11.0 Å². The van der Waals surface area contributed by atoms with E-state index in [0.717, 1.165) is 12.1 Å². The smallest absolute Gasteiger partial charge is 0.111 e. The third kappa shape index (κ3) is 2.03. The van der Waals surface area contributed by atoms with Crippen LogP contribution >= 0.6 is 0 Å². The predicted molar refractivity (Wildman–Crippen MR) is 74.9 cm³/mol. The standard InChI is InChI=1S/C15H21N3/c1-10(2)18-7-6-12(9-18)15-16-13-5-4-11(3)8-14(13)17-15/h4-5,8,10,12H,6-7,9H2,1-3H3,(H,16,17). The topological polar surface area (TPSA) is 31.9 Å². The minimum absolute atomic E-state index is 0.570. The summed E-state index contributed by atoms with van der Waals surface area (Å²) in [5, 5.41) is 0. The molecule has 1 aromatic heterocycles. The van der Waals surface area contributed by atoms with Gasteiger partial charge in [-0.25, -0.2) is 4.98 Å². The van der Waals surface area contributed by atoms with Crippen molar-refractivity contribution in [2.75, 3.05) is 13.1 Å². The van der Waals surface area contributed by atoms with Crippen LogP contribution in [-0.4, -0.2) is 34.0 Å². The molecule has 1 aromatic carbocycles. The summed E-state index contributed by atoms with van der Waals surface area (Å²) in [6, 6.07) is 7.06. The molecule has 18 heavy (non-hydrogen) atoms. The van der Waals surface area contributed by atoms with E-state index in [0.29, 0.717) is 12.0 Å². The minimum Gasteiger partial charge on any atom is -0.342 e. The first kappa shape index (κ1) is 11.7. The van der Waals surface area contributed by atoms with Crippen molar-refractivity contribution in [3.63, 3.8) is 0 Å². The zero-order valence-electron chi connectivity index (χ0n) is 11.4. The third-order valence-corrected chi connectivity index (χ3v) is 3.99. The summed E-state index contributed by atoms with van der Waals surface area (Å²) < 4.78 is 0. The number of hydrogen-bond donors (Lipinski definition) is 1. The van der Waals surface area contributed by atoms with Crippen molar-refractivity contribution < 1.29 is 0 Å². The van der Waals surface area contributed by atoms with Crippen molar-refractivity contribution in [2.45, 2.75) is 39.2 Å². The van der Waals surface area contributed by atoms with Gasteiger partial charge in [-0.2, -0.15) is 0 Å². The highest BCUT2D eigenvalue weighted by Gasteiger charge is 2.27. The van der Waals surface area contributed by atoms with Gasteiger partial charge in [0, 0.05) is 18.5 Å². The quantitative estimate of drug-likeness (QED) is 0.879. The summed E-state index contributed by atoms with van der Waals surface area (Å²) in [5.41, 5.74) is 3.56. The first-order valence-electron chi connectivity index (χ1n) is 6.84. The maximum atomic E-state index is 4.75. The van der Waals surface area contributed by atoms with Gasteiger partial charge in [0.1, 0.15) is 5.82 Å². The molecule has 1 fully saturated rings. The Bertz CT molecular complexity index is 556. The zero-order chi connectivity index (χ0) is 12.7. The van der Waals surface area contributed by atoms with E-state index in [9.17, 15) is 0 Å². The number of H-pyrrole nitrogens is 1. The molecule has 96 valence electrons. The molecule has 0 amide bonds. The number of aromatic nitrogens is 2. The van der Waals surface area contributed by atoms with Gasteiger partial charge < -0.3 is 9.88 Å². The molecule has 3 heteroatoms. The van der Waals surface area contributed by atoms with Gasteiger partial charge in [0.15, 0.2) is 0 Å². The number of hydrogen-bond acceptors (Lipinski definition) is 2. The third-order valence-electron chi connectivity index (χ3n) is 3.99. The Morgan fingerprint density at radius 2 is 2.22 bits per heavy atom. The van der Waals surface area contributed by atoms with Gasteiger partial charge in [-0.3, -0.25) is 0 Å². The number of benzene rings is 1. The summed E-state index contributed by atoms with van der Waals surface area (Å²) in [5.74, 6) is 1.74. The van der Waals surface area contributed by atoms with E-state index in [1.165, 1.54) is 29.9 Å². The van der Waals surface area contributed by atoms with Gasteiger partial charge in [-0.1, -0.05) is 6.07 Å². The van der Waals surface area contributed by atoms with Crippen molar-refractivity contribution >= 4 is 11.0 Å². The fourth-order valence-electron chi connectivity index (χ4n) is 2.82. The van der Waals surface area contributed by atoms with Crippen LogP contribution in [0.15, 0.2) is 18.2 Å². The van der Waals surface area contributed by atoms with Crippen molar-refractivity contribution in [2.24, 2.45) is 0 Å². The monoisotopic (exact) mass is 243 g/mol. The van der Waals surface area contributed by atoms with E-state index in [4.69, 9.17) is 4.98 Å². The largest absolute Gasteiger partial charge is 0.342 e. The average molecular weight is 243 g/mol. The Balaban J connectivity index is 1.87. The molecule has 1 atom stereocenters. The first-order valence-corrected chi connectivity index (χ1v) is 6.84. The molecule has 1 N–H and O–H groups in total. The normalized spacial score (nSPS) is 21.2. The van der Waals surface area contributed by atoms with Gasteiger partial charge in [0.05, 0.1) is 11.0 Å². The van der Waals surface area contributed by atoms with Crippen molar-refractivity contribution in [1.82, 2.24) is 14.9 Å². The van der Waals surface area contributed by atoms with E-state index >= 15 is 0 Å². The van der Waals surface area contributed by atoms with Crippen molar-refractivity contribution in [1.29, 1.82) is 0 Å². The van der Waals surface area contributed by atoms with E-state index in [1.807, 2.05) is 0 Å². The second kappa shape index (κ2) is 4.39. The molecule has 1 aliphatic heterocycles. The van der Waals surface area contributed by atoms with E-state index in [2.05, 4.69) is 48.9 Å². The van der Waals surface area contributed by atoms with E-state index < -0.39 is 0 Å². The predicted octanol–water partition coefficient (Wildman–Crippen LogP) is 3.07. The lowest BCUT2D eigenvalue weighted by atomic mass is 10.1. The highest BCUT2D eigenvalue weighted by atomic mass is 15.2. The van der Waals surface area contributed by atoms with Crippen LogP contribution < -0.4 is 0 Å². The highest BCUT2D eigenvalue weighted by molar-refractivity contribution is 5.75. The van der Waals surface area contributed by atoms with Crippen LogP contribution in [0.2, 0.25) is 0 Å². The molecule has 0 bridgehead atoms. The molecule has 0 saturated carbocycles. The Hall–Kier alpha value is -1.35. The van der Waals surface area contributed by atoms with Crippen molar-refractivity contribution in [3.8, 4) is 0 Å². The number of aryl methyl sites for hydroxylation is 1. The summed E-state index contributed by atoms with van der Waals surface area (Å²) >= 11 is 0. The first-order chi connectivity index (χ1) is 8.63. The number of imidazole rings is 1. The van der Waals surface area contributed by atoms with Gasteiger partial charge in [-0.15, -0.1) is 0 Å². The molecule has 1 unspecified atom stereocenters. The van der Waals surface area contributed by atoms with E-state index in [1.54, 1.807) is 0 Å². The second-order valence-corrected chi connectivity index (χ2v) is 5.72. The van der Waals surface area contributed by atoms with Crippen LogP contribution in [0.1, 0.15) is 37.6 Å². The second-order valence-electron chi connectivity index (χ2n) is 5.72. The highest BCUT2D eigenvalue weighted by Crippen LogP contribution is 2.28. The lowest BCUT2D eigenvalue weighted by Crippen LogP contribution is -2.28. The Morgan fingerprint density at radius 1 is 1.39 bits per heavy atom. The minimum atomic E-state index is 0.570. The SMILES string of the molecule is Cc1ccc2nc(C3CCN(C(C)C)C3)[nH]c2c1. The Morgan fingerprint density at radius 3 is 2.94 bits per heavy atom. The maximum absolute atomic E-state index is 4.75.